The van der Waals surface area contributed by atoms with Crippen LogP contribution in [-0.2, 0) is 4.79 Å². The van der Waals surface area contributed by atoms with Crippen LogP contribution >= 0.6 is 11.3 Å². The standard InChI is InChI=1S/C14H20N4O2S/c1-10-16-7-12(21-10)14(20)17-5-2-3-11(9-17)18-6-4-15-8-13(18)19/h7,11,15H,2-6,8-9H2,1H3. The van der Waals surface area contributed by atoms with E-state index < -0.39 is 0 Å². The minimum atomic E-state index is 0.0490. The van der Waals surface area contributed by atoms with E-state index in [0.717, 1.165) is 37.5 Å². The van der Waals surface area contributed by atoms with Gasteiger partial charge >= 0.3 is 0 Å². The predicted octanol–water partition coefficient (Wildman–Crippen LogP) is 0.488. The monoisotopic (exact) mass is 308 g/mol. The average molecular weight is 308 g/mol. The fraction of sp³-hybridized carbons (Fsp3) is 0.643. The van der Waals surface area contributed by atoms with Crippen molar-refractivity contribution in [3.8, 4) is 0 Å². The molecule has 1 aromatic heterocycles. The zero-order valence-electron chi connectivity index (χ0n) is 12.2. The lowest BCUT2D eigenvalue weighted by Gasteiger charge is -2.41. The number of piperazine rings is 1. The Bertz CT molecular complexity index is 545. The Morgan fingerprint density at radius 2 is 2.33 bits per heavy atom. The normalized spacial score (nSPS) is 23.5. The highest BCUT2D eigenvalue weighted by molar-refractivity contribution is 7.13. The van der Waals surface area contributed by atoms with Crippen molar-refractivity contribution in [1.82, 2.24) is 20.1 Å². The predicted molar refractivity (Wildman–Crippen MR) is 80.4 cm³/mol. The Morgan fingerprint density at radius 3 is 3.05 bits per heavy atom. The number of aryl methyl sites for hydroxylation is 1. The van der Waals surface area contributed by atoms with Crippen molar-refractivity contribution in [2.45, 2.75) is 25.8 Å². The molecule has 0 radical (unpaired) electrons. The van der Waals surface area contributed by atoms with Crippen LogP contribution in [0.25, 0.3) is 0 Å². The number of amides is 2. The lowest BCUT2D eigenvalue weighted by Crippen LogP contribution is -2.57. The summed E-state index contributed by atoms with van der Waals surface area (Å²) in [4.78, 5) is 33.2. The maximum atomic E-state index is 12.5. The molecule has 0 saturated carbocycles. The van der Waals surface area contributed by atoms with Gasteiger partial charge in [0, 0.05) is 32.2 Å². The third-order valence-electron chi connectivity index (χ3n) is 4.08. The first-order valence-electron chi connectivity index (χ1n) is 7.37. The van der Waals surface area contributed by atoms with Crippen molar-refractivity contribution in [2.75, 3.05) is 32.7 Å². The molecule has 0 aromatic carbocycles. The molecule has 21 heavy (non-hydrogen) atoms. The summed E-state index contributed by atoms with van der Waals surface area (Å²) in [6.07, 6.45) is 3.59. The van der Waals surface area contributed by atoms with E-state index in [-0.39, 0.29) is 17.9 Å². The molecule has 2 amide bonds. The van der Waals surface area contributed by atoms with Crippen LogP contribution in [-0.4, -0.2) is 65.4 Å². The quantitative estimate of drug-likeness (QED) is 0.863. The Hall–Kier alpha value is -1.47. The lowest BCUT2D eigenvalue weighted by atomic mass is 10.0. The number of nitrogens with zero attached hydrogens (tertiary/aromatic N) is 3. The molecule has 0 aliphatic carbocycles. The number of aromatic nitrogens is 1. The molecule has 0 spiro atoms. The first kappa shape index (κ1) is 14.5. The Labute approximate surface area is 128 Å². The van der Waals surface area contributed by atoms with Crippen molar-refractivity contribution < 1.29 is 9.59 Å². The van der Waals surface area contributed by atoms with Gasteiger partial charge in [-0.15, -0.1) is 11.3 Å². The zero-order chi connectivity index (χ0) is 14.8. The molecule has 1 N–H and O–H groups in total. The highest BCUT2D eigenvalue weighted by Gasteiger charge is 2.32. The first-order chi connectivity index (χ1) is 10.1. The molecule has 2 saturated heterocycles. The van der Waals surface area contributed by atoms with Crippen molar-refractivity contribution in [1.29, 1.82) is 0 Å². The molecular formula is C14H20N4O2S. The minimum absolute atomic E-state index is 0.0490. The van der Waals surface area contributed by atoms with Crippen molar-refractivity contribution in [3.63, 3.8) is 0 Å². The third-order valence-corrected chi connectivity index (χ3v) is 4.98. The van der Waals surface area contributed by atoms with E-state index >= 15 is 0 Å². The number of likely N-dealkylation sites (tertiary alicyclic amines) is 1. The maximum Gasteiger partial charge on any atom is 0.265 e. The highest BCUT2D eigenvalue weighted by Crippen LogP contribution is 2.21. The number of hydrogen-bond acceptors (Lipinski definition) is 5. The summed E-state index contributed by atoms with van der Waals surface area (Å²) in [7, 11) is 0. The third kappa shape index (κ3) is 3.08. The number of carbonyl (C=O) groups excluding carboxylic acids is 2. The molecule has 2 aliphatic heterocycles. The second-order valence-corrected chi connectivity index (χ2v) is 6.79. The largest absolute Gasteiger partial charge is 0.336 e. The van der Waals surface area contributed by atoms with Gasteiger partial charge in [0.15, 0.2) is 0 Å². The van der Waals surface area contributed by atoms with Crippen LogP contribution in [0.5, 0.6) is 0 Å². The van der Waals surface area contributed by atoms with E-state index in [9.17, 15) is 9.59 Å². The number of nitrogens with one attached hydrogen (secondary N) is 1. The number of carbonyl (C=O) groups is 2. The molecule has 2 aliphatic rings. The van der Waals surface area contributed by atoms with Gasteiger partial charge in [0.2, 0.25) is 5.91 Å². The van der Waals surface area contributed by atoms with E-state index in [1.165, 1.54) is 11.3 Å². The van der Waals surface area contributed by atoms with Crippen LogP contribution in [0.2, 0.25) is 0 Å². The number of hydrogen-bond donors (Lipinski definition) is 1. The molecule has 114 valence electrons. The zero-order valence-corrected chi connectivity index (χ0v) is 13.0. The Kier molecular flexibility index (Phi) is 4.21. The van der Waals surface area contributed by atoms with Crippen LogP contribution in [0.3, 0.4) is 0 Å². The summed E-state index contributed by atoms with van der Waals surface area (Å²) < 4.78 is 0. The van der Waals surface area contributed by atoms with E-state index in [0.29, 0.717) is 18.0 Å². The van der Waals surface area contributed by atoms with Gasteiger partial charge in [0.1, 0.15) is 4.88 Å². The highest BCUT2D eigenvalue weighted by atomic mass is 32.1. The van der Waals surface area contributed by atoms with Gasteiger partial charge in [0.25, 0.3) is 5.91 Å². The summed E-state index contributed by atoms with van der Waals surface area (Å²) in [5, 5.41) is 3.99. The summed E-state index contributed by atoms with van der Waals surface area (Å²) in [5.74, 6) is 0.196. The molecule has 3 heterocycles. The van der Waals surface area contributed by atoms with Crippen LogP contribution < -0.4 is 5.32 Å². The number of thiazole rings is 1. The lowest BCUT2D eigenvalue weighted by molar-refractivity contribution is -0.135. The molecule has 0 bridgehead atoms. The van der Waals surface area contributed by atoms with Gasteiger partial charge < -0.3 is 15.1 Å². The Morgan fingerprint density at radius 1 is 1.48 bits per heavy atom. The summed E-state index contributed by atoms with van der Waals surface area (Å²) in [6.45, 7) is 5.31. The second kappa shape index (κ2) is 6.11. The van der Waals surface area contributed by atoms with Crippen LogP contribution in [0.4, 0.5) is 0 Å². The van der Waals surface area contributed by atoms with Gasteiger partial charge in [0.05, 0.1) is 17.7 Å². The van der Waals surface area contributed by atoms with Gasteiger partial charge in [-0.05, 0) is 19.8 Å². The molecule has 1 atom stereocenters. The number of piperidine rings is 1. The van der Waals surface area contributed by atoms with Gasteiger partial charge in [-0.25, -0.2) is 4.98 Å². The number of rotatable bonds is 2. The SMILES string of the molecule is Cc1ncc(C(=O)N2CCCC(N3CCNCC3=O)C2)s1. The van der Waals surface area contributed by atoms with E-state index in [4.69, 9.17) is 0 Å². The van der Waals surface area contributed by atoms with Crippen LogP contribution in [0, 0.1) is 6.92 Å². The second-order valence-electron chi connectivity index (χ2n) is 5.55. The van der Waals surface area contributed by atoms with Crippen molar-refractivity contribution in [3.05, 3.63) is 16.1 Å². The van der Waals surface area contributed by atoms with Crippen molar-refractivity contribution in [2.24, 2.45) is 0 Å². The van der Waals surface area contributed by atoms with E-state index in [2.05, 4.69) is 10.3 Å². The minimum Gasteiger partial charge on any atom is -0.336 e. The molecule has 1 unspecified atom stereocenters. The average Bonchev–Trinajstić information content (AvgIpc) is 2.94. The van der Waals surface area contributed by atoms with Crippen molar-refractivity contribution >= 4 is 23.2 Å². The summed E-state index contributed by atoms with van der Waals surface area (Å²) >= 11 is 1.43. The Balaban J connectivity index is 1.68. The fourth-order valence-electron chi connectivity index (χ4n) is 3.02. The molecule has 1 aromatic rings. The topological polar surface area (TPSA) is 65.5 Å². The van der Waals surface area contributed by atoms with Gasteiger partial charge in [-0.3, -0.25) is 9.59 Å². The molecule has 7 heteroatoms. The van der Waals surface area contributed by atoms with E-state index in [1.807, 2.05) is 16.7 Å². The first-order valence-corrected chi connectivity index (χ1v) is 8.18. The summed E-state index contributed by atoms with van der Waals surface area (Å²) in [6, 6.07) is 0.159. The van der Waals surface area contributed by atoms with Crippen LogP contribution in [0.15, 0.2) is 6.20 Å². The molecule has 3 rings (SSSR count). The molecular weight excluding hydrogens is 288 g/mol. The van der Waals surface area contributed by atoms with Crippen LogP contribution in [0.1, 0.15) is 27.5 Å². The molecule has 6 nitrogen and oxygen atoms in total. The summed E-state index contributed by atoms with van der Waals surface area (Å²) in [5.41, 5.74) is 0. The van der Waals surface area contributed by atoms with E-state index in [1.54, 1.807) is 6.20 Å². The van der Waals surface area contributed by atoms with Gasteiger partial charge in [-0.2, -0.15) is 0 Å². The van der Waals surface area contributed by atoms with Gasteiger partial charge in [-0.1, -0.05) is 0 Å². The smallest absolute Gasteiger partial charge is 0.265 e. The fourth-order valence-corrected chi connectivity index (χ4v) is 3.76. The maximum absolute atomic E-state index is 12.5. The molecule has 2 fully saturated rings.